The quantitative estimate of drug-likeness (QED) is 0.657. The van der Waals surface area contributed by atoms with Crippen molar-refractivity contribution < 1.29 is 4.79 Å². The molecule has 2 aromatic rings. The molecule has 0 atom stereocenters. The Bertz CT molecular complexity index is 508. The summed E-state index contributed by atoms with van der Waals surface area (Å²) in [5, 5.41) is 4.12. The Morgan fingerprint density at radius 2 is 1.83 bits per heavy atom. The highest BCUT2D eigenvalue weighted by Gasteiger charge is 2.07. The van der Waals surface area contributed by atoms with Crippen molar-refractivity contribution in [3.8, 4) is 0 Å². The Labute approximate surface area is 105 Å². The molecule has 0 fully saturated rings. The van der Waals surface area contributed by atoms with Crippen molar-refractivity contribution in [2.75, 3.05) is 0 Å². The average Bonchev–Trinajstić information content (AvgIpc) is 2.41. The molecular weight excluding hydrogens is 226 g/mol. The smallest absolute Gasteiger partial charge is 0.236 e. The van der Waals surface area contributed by atoms with Crippen molar-refractivity contribution in [3.05, 3.63) is 66.0 Å². The van der Waals surface area contributed by atoms with E-state index in [4.69, 9.17) is 0 Å². The van der Waals surface area contributed by atoms with Crippen LogP contribution in [0.1, 0.15) is 18.2 Å². The molecule has 18 heavy (non-hydrogen) atoms. The number of pyridine rings is 1. The van der Waals surface area contributed by atoms with Gasteiger partial charge in [0.05, 0.1) is 5.69 Å². The summed E-state index contributed by atoms with van der Waals surface area (Å²) >= 11 is 0. The molecule has 0 saturated heterocycles. The van der Waals surface area contributed by atoms with Crippen LogP contribution < -0.4 is 5.43 Å². The Morgan fingerprint density at radius 3 is 2.44 bits per heavy atom. The number of hydrogen-bond donors (Lipinski definition) is 1. The van der Waals surface area contributed by atoms with Gasteiger partial charge in [0.15, 0.2) is 0 Å². The van der Waals surface area contributed by atoms with Gasteiger partial charge >= 0.3 is 0 Å². The summed E-state index contributed by atoms with van der Waals surface area (Å²) in [5.41, 5.74) is 4.72. The van der Waals surface area contributed by atoms with Crippen LogP contribution in [0.3, 0.4) is 0 Å². The second-order valence-corrected chi connectivity index (χ2v) is 3.71. The summed E-state index contributed by atoms with van der Waals surface area (Å²) in [6.45, 7) is 1.42. The molecule has 4 heteroatoms. The predicted molar refractivity (Wildman–Crippen MR) is 70.1 cm³/mol. The fraction of sp³-hybridized carbons (Fsp3) is 0.0714. The van der Waals surface area contributed by atoms with Crippen molar-refractivity contribution >= 4 is 11.6 Å². The lowest BCUT2D eigenvalue weighted by Gasteiger charge is -2.05. The summed E-state index contributed by atoms with van der Waals surface area (Å²) in [7, 11) is 0. The molecular formula is C14H13N3O. The minimum absolute atomic E-state index is 0.209. The Hall–Kier alpha value is -2.49. The Morgan fingerprint density at radius 1 is 1.11 bits per heavy atom. The van der Waals surface area contributed by atoms with Crippen molar-refractivity contribution in [1.82, 2.24) is 10.4 Å². The molecule has 0 unspecified atom stereocenters. The summed E-state index contributed by atoms with van der Waals surface area (Å²) in [6.07, 6.45) is 1.70. The lowest BCUT2D eigenvalue weighted by molar-refractivity contribution is -0.118. The van der Waals surface area contributed by atoms with Crippen LogP contribution in [0.4, 0.5) is 0 Å². The third kappa shape index (κ3) is 3.01. The van der Waals surface area contributed by atoms with E-state index in [1.807, 2.05) is 48.5 Å². The first-order valence-electron chi connectivity index (χ1n) is 5.58. The van der Waals surface area contributed by atoms with Crippen molar-refractivity contribution in [2.24, 2.45) is 5.10 Å². The van der Waals surface area contributed by atoms with Crippen molar-refractivity contribution in [1.29, 1.82) is 0 Å². The van der Waals surface area contributed by atoms with E-state index >= 15 is 0 Å². The molecule has 1 heterocycles. The number of hydrogen-bond acceptors (Lipinski definition) is 3. The van der Waals surface area contributed by atoms with Gasteiger partial charge in [0.25, 0.3) is 0 Å². The number of benzene rings is 1. The van der Waals surface area contributed by atoms with Gasteiger partial charge in [-0.1, -0.05) is 36.4 Å². The first kappa shape index (κ1) is 12.0. The molecule has 0 aliphatic carbocycles. The second kappa shape index (κ2) is 5.72. The van der Waals surface area contributed by atoms with Gasteiger partial charge in [-0.2, -0.15) is 5.10 Å². The molecule has 0 saturated carbocycles. The molecule has 1 aromatic heterocycles. The van der Waals surface area contributed by atoms with Crippen molar-refractivity contribution in [2.45, 2.75) is 6.92 Å². The van der Waals surface area contributed by atoms with Crippen LogP contribution in [-0.4, -0.2) is 16.6 Å². The second-order valence-electron chi connectivity index (χ2n) is 3.71. The van der Waals surface area contributed by atoms with Crippen molar-refractivity contribution in [3.63, 3.8) is 0 Å². The minimum Gasteiger partial charge on any atom is -0.274 e. The fourth-order valence-corrected chi connectivity index (χ4v) is 1.50. The normalized spacial score (nSPS) is 11.1. The average molecular weight is 239 g/mol. The first-order valence-corrected chi connectivity index (χ1v) is 5.58. The van der Waals surface area contributed by atoms with E-state index in [1.54, 1.807) is 6.20 Å². The van der Waals surface area contributed by atoms with E-state index in [2.05, 4.69) is 15.5 Å². The first-order chi connectivity index (χ1) is 8.77. The predicted octanol–water partition coefficient (Wildman–Crippen LogP) is 1.97. The van der Waals surface area contributed by atoms with Crippen LogP contribution in [-0.2, 0) is 4.79 Å². The monoisotopic (exact) mass is 239 g/mol. The zero-order valence-electron chi connectivity index (χ0n) is 10.00. The number of carbonyl (C=O) groups excluding carboxylic acids is 1. The van der Waals surface area contributed by atoms with E-state index in [9.17, 15) is 4.79 Å². The van der Waals surface area contributed by atoms with Crippen LogP contribution in [0.2, 0.25) is 0 Å². The van der Waals surface area contributed by atoms with Crippen LogP contribution >= 0.6 is 0 Å². The molecule has 0 aliphatic rings. The topological polar surface area (TPSA) is 54.4 Å². The summed E-state index contributed by atoms with van der Waals surface area (Å²) < 4.78 is 0. The maximum Gasteiger partial charge on any atom is 0.236 e. The van der Waals surface area contributed by atoms with Gasteiger partial charge in [-0.15, -0.1) is 0 Å². The number of nitrogens with one attached hydrogen (secondary N) is 1. The Kier molecular flexibility index (Phi) is 3.81. The van der Waals surface area contributed by atoms with E-state index < -0.39 is 0 Å². The molecule has 90 valence electrons. The largest absolute Gasteiger partial charge is 0.274 e. The molecule has 0 spiro atoms. The third-order valence-corrected chi connectivity index (χ3v) is 2.28. The molecule has 2 rings (SSSR count). The highest BCUT2D eigenvalue weighted by Crippen LogP contribution is 2.07. The summed E-state index contributed by atoms with van der Waals surface area (Å²) in [6, 6.07) is 15.2. The highest BCUT2D eigenvalue weighted by molar-refractivity contribution is 6.11. The van der Waals surface area contributed by atoms with Gasteiger partial charge in [0, 0.05) is 18.7 Å². The van der Waals surface area contributed by atoms with Gasteiger partial charge in [-0.3, -0.25) is 9.78 Å². The molecule has 1 aromatic carbocycles. The summed E-state index contributed by atoms with van der Waals surface area (Å²) in [4.78, 5) is 15.2. The number of nitrogens with zero attached hydrogens (tertiary/aromatic N) is 2. The number of rotatable bonds is 3. The number of aromatic nitrogens is 1. The van der Waals surface area contributed by atoms with Gasteiger partial charge in [0.2, 0.25) is 5.91 Å². The maximum absolute atomic E-state index is 11.0. The SMILES string of the molecule is CC(=O)NN=C(c1ccccc1)c1ccccn1. The third-order valence-electron chi connectivity index (χ3n) is 2.28. The molecule has 4 nitrogen and oxygen atoms in total. The number of hydrazone groups is 1. The van der Waals surface area contributed by atoms with Gasteiger partial charge in [-0.25, -0.2) is 5.43 Å². The van der Waals surface area contributed by atoms with Crippen LogP contribution in [0, 0.1) is 0 Å². The number of amides is 1. The zero-order valence-corrected chi connectivity index (χ0v) is 10.00. The standard InChI is InChI=1S/C14H13N3O/c1-11(18)16-17-14(12-7-3-2-4-8-12)13-9-5-6-10-15-13/h2-10H,1H3,(H,16,18). The highest BCUT2D eigenvalue weighted by atomic mass is 16.2. The fourth-order valence-electron chi connectivity index (χ4n) is 1.50. The lowest BCUT2D eigenvalue weighted by Crippen LogP contribution is -2.17. The molecule has 0 radical (unpaired) electrons. The molecule has 0 bridgehead atoms. The molecule has 1 N–H and O–H groups in total. The van der Waals surface area contributed by atoms with Gasteiger partial charge in [0.1, 0.15) is 5.71 Å². The lowest BCUT2D eigenvalue weighted by atomic mass is 10.1. The number of carbonyl (C=O) groups is 1. The van der Waals surface area contributed by atoms with Crippen LogP contribution in [0.15, 0.2) is 59.8 Å². The Balaban J connectivity index is 2.42. The minimum atomic E-state index is -0.209. The van der Waals surface area contributed by atoms with E-state index in [-0.39, 0.29) is 5.91 Å². The van der Waals surface area contributed by atoms with Gasteiger partial charge in [-0.05, 0) is 12.1 Å². The van der Waals surface area contributed by atoms with E-state index in [0.717, 1.165) is 11.3 Å². The van der Waals surface area contributed by atoms with Crippen LogP contribution in [0.25, 0.3) is 0 Å². The molecule has 0 aliphatic heterocycles. The van der Waals surface area contributed by atoms with E-state index in [1.165, 1.54) is 6.92 Å². The molecule has 1 amide bonds. The zero-order chi connectivity index (χ0) is 12.8. The van der Waals surface area contributed by atoms with E-state index in [0.29, 0.717) is 5.71 Å². The maximum atomic E-state index is 11.0. The summed E-state index contributed by atoms with van der Waals surface area (Å²) in [5.74, 6) is -0.209. The van der Waals surface area contributed by atoms with Gasteiger partial charge < -0.3 is 0 Å². The van der Waals surface area contributed by atoms with Crippen LogP contribution in [0.5, 0.6) is 0 Å².